The Morgan fingerprint density at radius 2 is 1.93 bits per heavy atom. The first-order valence-corrected chi connectivity index (χ1v) is 5.60. The maximum Gasteiger partial charge on any atom is 0.127 e. The molecule has 4 atom stereocenters. The van der Waals surface area contributed by atoms with Gasteiger partial charge < -0.3 is 22.0 Å². The predicted octanol–water partition coefficient (Wildman–Crippen LogP) is 0.797. The molecule has 1 fully saturated rings. The SMILES string of the molecule is COCC1OCC(OC)C(OI)C1OC. The Morgan fingerprint density at radius 3 is 2.40 bits per heavy atom. The van der Waals surface area contributed by atoms with Gasteiger partial charge in [-0.05, 0) is 0 Å². The summed E-state index contributed by atoms with van der Waals surface area (Å²) in [6.07, 6.45) is -0.499. The van der Waals surface area contributed by atoms with Gasteiger partial charge in [0.25, 0.3) is 0 Å². The third-order valence-corrected chi connectivity index (χ3v) is 3.13. The van der Waals surface area contributed by atoms with Crippen molar-refractivity contribution in [2.75, 3.05) is 34.5 Å². The highest BCUT2D eigenvalue weighted by molar-refractivity contribution is 14.1. The molecule has 1 aliphatic heterocycles. The van der Waals surface area contributed by atoms with E-state index in [4.69, 9.17) is 22.0 Å². The molecule has 0 aliphatic carbocycles. The van der Waals surface area contributed by atoms with Gasteiger partial charge in [-0.2, -0.15) is 0 Å². The highest BCUT2D eigenvalue weighted by Crippen LogP contribution is 2.24. The first kappa shape index (κ1) is 13.6. The Hall–Kier alpha value is 0.530. The molecule has 1 heterocycles. The van der Waals surface area contributed by atoms with Crippen LogP contribution in [0.5, 0.6) is 0 Å². The summed E-state index contributed by atoms with van der Waals surface area (Å²) in [7, 11) is 4.91. The van der Waals surface area contributed by atoms with E-state index in [9.17, 15) is 0 Å². The second-order valence-corrected chi connectivity index (χ2v) is 3.86. The van der Waals surface area contributed by atoms with Crippen molar-refractivity contribution in [2.24, 2.45) is 0 Å². The molecule has 5 nitrogen and oxygen atoms in total. The standard InChI is InChI=1S/C9H17IO5/c1-11-4-7-8(13-3)9(15-10)6(12-2)5-14-7/h6-9H,4-5H2,1-3H3. The van der Waals surface area contributed by atoms with E-state index in [1.807, 2.05) is 23.0 Å². The summed E-state index contributed by atoms with van der Waals surface area (Å²) in [4.78, 5) is 0. The van der Waals surface area contributed by atoms with Gasteiger partial charge in [-0.1, -0.05) is 0 Å². The normalized spacial score (nSPS) is 36.8. The zero-order valence-corrected chi connectivity index (χ0v) is 11.3. The molecule has 0 N–H and O–H groups in total. The Labute approximate surface area is 104 Å². The van der Waals surface area contributed by atoms with Gasteiger partial charge in [0.1, 0.15) is 47.4 Å². The summed E-state index contributed by atoms with van der Waals surface area (Å²) in [6.45, 7) is 0.990. The van der Waals surface area contributed by atoms with Gasteiger partial charge in [0.2, 0.25) is 0 Å². The molecule has 6 heteroatoms. The maximum absolute atomic E-state index is 5.60. The van der Waals surface area contributed by atoms with Crippen LogP contribution in [-0.4, -0.2) is 59.0 Å². The van der Waals surface area contributed by atoms with Gasteiger partial charge in [-0.15, -0.1) is 0 Å². The van der Waals surface area contributed by atoms with E-state index in [0.29, 0.717) is 13.2 Å². The van der Waals surface area contributed by atoms with E-state index in [2.05, 4.69) is 0 Å². The highest BCUT2D eigenvalue weighted by atomic mass is 127. The molecule has 0 aromatic heterocycles. The van der Waals surface area contributed by atoms with Crippen molar-refractivity contribution in [3.05, 3.63) is 0 Å². The lowest BCUT2D eigenvalue weighted by Gasteiger charge is -2.39. The van der Waals surface area contributed by atoms with Gasteiger partial charge >= 0.3 is 0 Å². The van der Waals surface area contributed by atoms with Gasteiger partial charge in [-0.3, -0.25) is 0 Å². The molecule has 0 aromatic rings. The minimum absolute atomic E-state index is 0.0973. The van der Waals surface area contributed by atoms with Crippen LogP contribution in [0.25, 0.3) is 0 Å². The zero-order valence-electron chi connectivity index (χ0n) is 9.14. The molecule has 0 amide bonds. The Balaban J connectivity index is 2.65. The first-order chi connectivity index (χ1) is 7.28. The molecule has 90 valence electrons. The number of methoxy groups -OCH3 is 3. The number of halogens is 1. The van der Waals surface area contributed by atoms with E-state index < -0.39 is 0 Å². The summed E-state index contributed by atoms with van der Waals surface area (Å²) >= 11 is 1.87. The van der Waals surface area contributed by atoms with E-state index in [0.717, 1.165) is 0 Å². The molecule has 0 aromatic carbocycles. The molecular formula is C9H17IO5. The molecule has 1 saturated heterocycles. The first-order valence-electron chi connectivity index (χ1n) is 4.72. The van der Waals surface area contributed by atoms with Gasteiger partial charge in [0, 0.05) is 21.3 Å². The second kappa shape index (κ2) is 6.97. The summed E-state index contributed by atoms with van der Waals surface area (Å²) in [5.74, 6) is 0. The smallest absolute Gasteiger partial charge is 0.127 e. The molecule has 0 saturated carbocycles. The number of rotatable bonds is 5. The number of hydrogen-bond donors (Lipinski definition) is 0. The van der Waals surface area contributed by atoms with Crippen LogP contribution in [0.1, 0.15) is 0 Å². The molecule has 1 aliphatic rings. The van der Waals surface area contributed by atoms with E-state index in [1.165, 1.54) is 0 Å². The Kier molecular flexibility index (Phi) is 6.32. The minimum Gasteiger partial charge on any atom is -0.382 e. The van der Waals surface area contributed by atoms with Crippen molar-refractivity contribution >= 4 is 23.0 Å². The monoisotopic (exact) mass is 332 g/mol. The predicted molar refractivity (Wildman–Crippen MR) is 62.1 cm³/mol. The third kappa shape index (κ3) is 3.24. The van der Waals surface area contributed by atoms with Crippen LogP contribution in [0.3, 0.4) is 0 Å². The molecule has 0 bridgehead atoms. The lowest BCUT2D eigenvalue weighted by atomic mass is 10.0. The molecule has 0 spiro atoms. The molecular weight excluding hydrogens is 315 g/mol. The van der Waals surface area contributed by atoms with E-state index >= 15 is 0 Å². The largest absolute Gasteiger partial charge is 0.382 e. The fraction of sp³-hybridized carbons (Fsp3) is 1.00. The average molecular weight is 332 g/mol. The molecule has 15 heavy (non-hydrogen) atoms. The van der Waals surface area contributed by atoms with E-state index in [1.54, 1.807) is 21.3 Å². The van der Waals surface area contributed by atoms with E-state index in [-0.39, 0.29) is 24.4 Å². The summed E-state index contributed by atoms with van der Waals surface area (Å²) in [6, 6.07) is 0. The van der Waals surface area contributed by atoms with Crippen molar-refractivity contribution < 1.29 is 22.0 Å². The average Bonchev–Trinajstić information content (AvgIpc) is 2.28. The van der Waals surface area contributed by atoms with Crippen LogP contribution < -0.4 is 0 Å². The summed E-state index contributed by atoms with van der Waals surface area (Å²) < 4.78 is 26.7. The maximum atomic E-state index is 5.60. The molecule has 1 rings (SSSR count). The fourth-order valence-electron chi connectivity index (χ4n) is 1.73. The topological polar surface area (TPSA) is 46.2 Å². The van der Waals surface area contributed by atoms with Crippen LogP contribution in [0, 0.1) is 0 Å². The van der Waals surface area contributed by atoms with Crippen molar-refractivity contribution in [2.45, 2.75) is 24.4 Å². The summed E-state index contributed by atoms with van der Waals surface area (Å²) in [5.41, 5.74) is 0. The van der Waals surface area contributed by atoms with Crippen molar-refractivity contribution in [3.8, 4) is 0 Å². The van der Waals surface area contributed by atoms with Crippen LogP contribution in [0.15, 0.2) is 0 Å². The van der Waals surface area contributed by atoms with Crippen molar-refractivity contribution in [1.82, 2.24) is 0 Å². The van der Waals surface area contributed by atoms with Crippen LogP contribution in [0.4, 0.5) is 0 Å². The van der Waals surface area contributed by atoms with Crippen LogP contribution in [0.2, 0.25) is 0 Å². The van der Waals surface area contributed by atoms with Gasteiger partial charge in [0.05, 0.1) is 13.2 Å². The minimum atomic E-state index is -0.166. The summed E-state index contributed by atoms with van der Waals surface area (Å²) in [5, 5.41) is 0. The lowest BCUT2D eigenvalue weighted by molar-refractivity contribution is -0.198. The van der Waals surface area contributed by atoms with Crippen molar-refractivity contribution in [1.29, 1.82) is 0 Å². The molecule has 4 unspecified atom stereocenters. The number of ether oxygens (including phenoxy) is 4. The second-order valence-electron chi connectivity index (χ2n) is 3.36. The van der Waals surface area contributed by atoms with Crippen molar-refractivity contribution in [3.63, 3.8) is 0 Å². The lowest BCUT2D eigenvalue weighted by Crippen LogP contribution is -2.55. The quantitative estimate of drug-likeness (QED) is 0.697. The van der Waals surface area contributed by atoms with Gasteiger partial charge in [-0.25, -0.2) is 0 Å². The highest BCUT2D eigenvalue weighted by Gasteiger charge is 2.41. The third-order valence-electron chi connectivity index (χ3n) is 2.54. The number of hydrogen-bond acceptors (Lipinski definition) is 5. The Bertz CT molecular complexity index is 180. The molecule has 0 radical (unpaired) electrons. The van der Waals surface area contributed by atoms with Crippen LogP contribution >= 0.6 is 23.0 Å². The van der Waals surface area contributed by atoms with Crippen LogP contribution in [-0.2, 0) is 22.0 Å². The Morgan fingerprint density at radius 1 is 1.20 bits per heavy atom. The zero-order chi connectivity index (χ0) is 11.3. The van der Waals surface area contributed by atoms with Gasteiger partial charge in [0.15, 0.2) is 0 Å². The fourth-order valence-corrected chi connectivity index (χ4v) is 2.35.